The van der Waals surface area contributed by atoms with Gasteiger partial charge in [-0.15, -0.1) is 0 Å². The van der Waals surface area contributed by atoms with Crippen molar-refractivity contribution in [2.24, 2.45) is 0 Å². The number of nitrogens with zero attached hydrogens (tertiary/aromatic N) is 2. The number of furan rings is 1. The second kappa shape index (κ2) is 12.8. The molecule has 10 aromatic carbocycles. The Hall–Kier alpha value is -8.34. The van der Waals surface area contributed by atoms with Crippen LogP contribution < -0.4 is 9.64 Å². The third-order valence-corrected chi connectivity index (χ3v) is 13.6. The fourth-order valence-corrected chi connectivity index (χ4v) is 11.1. The zero-order chi connectivity index (χ0) is 41.2. The van der Waals surface area contributed by atoms with Crippen molar-refractivity contribution in [3.05, 3.63) is 241 Å². The summed E-state index contributed by atoms with van der Waals surface area (Å²) in [6.07, 6.45) is 0. The molecule has 2 aliphatic rings. The van der Waals surface area contributed by atoms with E-state index >= 15 is 0 Å². The maximum absolute atomic E-state index is 7.11. The molecule has 63 heavy (non-hydrogen) atoms. The smallest absolute Gasteiger partial charge is 0.137 e. The number of ether oxygens (including phenoxy) is 1. The van der Waals surface area contributed by atoms with Crippen molar-refractivity contribution in [3.8, 4) is 28.3 Å². The third kappa shape index (κ3) is 4.69. The molecule has 0 bridgehead atoms. The molecule has 0 amide bonds. The second-order valence-electron chi connectivity index (χ2n) is 16.8. The lowest BCUT2D eigenvalue weighted by molar-refractivity contribution is 0.435. The van der Waals surface area contributed by atoms with Crippen molar-refractivity contribution in [2.45, 2.75) is 5.41 Å². The summed E-state index contributed by atoms with van der Waals surface area (Å²) in [6.45, 7) is 0. The molecule has 1 atom stereocenters. The number of para-hydroxylation sites is 4. The predicted molar refractivity (Wildman–Crippen MR) is 258 cm³/mol. The molecule has 12 aromatic rings. The van der Waals surface area contributed by atoms with Crippen LogP contribution in [0.15, 0.2) is 223 Å². The molecule has 0 saturated carbocycles. The van der Waals surface area contributed by atoms with E-state index in [9.17, 15) is 0 Å². The lowest BCUT2D eigenvalue weighted by atomic mass is 9.58. The van der Waals surface area contributed by atoms with Gasteiger partial charge in [-0.2, -0.15) is 0 Å². The van der Waals surface area contributed by atoms with Gasteiger partial charge in [0.15, 0.2) is 0 Å². The number of anilines is 3. The number of hydrogen-bond donors (Lipinski definition) is 0. The number of aromatic nitrogens is 1. The lowest BCUT2D eigenvalue weighted by Gasteiger charge is -2.45. The maximum atomic E-state index is 7.11. The molecule has 1 unspecified atom stereocenters. The molecule has 1 spiro atoms. The van der Waals surface area contributed by atoms with Gasteiger partial charge in [0.1, 0.15) is 22.7 Å². The van der Waals surface area contributed by atoms with Gasteiger partial charge in [0.05, 0.1) is 16.4 Å². The van der Waals surface area contributed by atoms with Gasteiger partial charge in [-0.25, -0.2) is 0 Å². The first-order valence-electron chi connectivity index (χ1n) is 21.6. The van der Waals surface area contributed by atoms with Crippen LogP contribution >= 0.6 is 0 Å². The monoisotopic (exact) mass is 804 g/mol. The molecule has 294 valence electrons. The van der Waals surface area contributed by atoms with E-state index in [-0.39, 0.29) is 0 Å². The third-order valence-electron chi connectivity index (χ3n) is 13.6. The van der Waals surface area contributed by atoms with E-state index in [0.717, 1.165) is 72.8 Å². The molecular weight excluding hydrogens is 769 g/mol. The van der Waals surface area contributed by atoms with E-state index in [4.69, 9.17) is 9.15 Å². The van der Waals surface area contributed by atoms with Crippen molar-refractivity contribution in [1.82, 2.24) is 4.57 Å². The highest BCUT2D eigenvalue weighted by Gasteiger charge is 2.49. The summed E-state index contributed by atoms with van der Waals surface area (Å²) in [6, 6.07) is 78.9. The summed E-state index contributed by atoms with van der Waals surface area (Å²) in [7, 11) is 0. The van der Waals surface area contributed by atoms with Crippen LogP contribution in [0.2, 0.25) is 0 Å². The quantitative estimate of drug-likeness (QED) is 0.178. The molecule has 0 radical (unpaired) electrons. The predicted octanol–water partition coefficient (Wildman–Crippen LogP) is 15.8. The normalized spacial score (nSPS) is 14.9. The minimum atomic E-state index is -0.624. The lowest BCUT2D eigenvalue weighted by Crippen LogP contribution is -2.36. The van der Waals surface area contributed by atoms with E-state index < -0.39 is 5.41 Å². The van der Waals surface area contributed by atoms with Crippen LogP contribution in [0.4, 0.5) is 17.1 Å². The second-order valence-corrected chi connectivity index (χ2v) is 16.8. The van der Waals surface area contributed by atoms with Gasteiger partial charge in [0.25, 0.3) is 0 Å². The fourth-order valence-electron chi connectivity index (χ4n) is 11.1. The Kier molecular flexibility index (Phi) is 7.01. The Morgan fingerprint density at radius 3 is 1.90 bits per heavy atom. The minimum Gasteiger partial charge on any atom is -0.457 e. The Labute approximate surface area is 363 Å². The first-order chi connectivity index (χ1) is 31.2. The highest BCUT2D eigenvalue weighted by atomic mass is 16.5. The van der Waals surface area contributed by atoms with Crippen LogP contribution in [-0.4, -0.2) is 4.57 Å². The number of rotatable bonds is 4. The molecule has 4 heteroatoms. The van der Waals surface area contributed by atoms with Crippen molar-refractivity contribution in [3.63, 3.8) is 0 Å². The number of hydrogen-bond acceptors (Lipinski definition) is 3. The van der Waals surface area contributed by atoms with Crippen molar-refractivity contribution in [1.29, 1.82) is 0 Å². The zero-order valence-corrected chi connectivity index (χ0v) is 34.0. The van der Waals surface area contributed by atoms with E-state index in [0.29, 0.717) is 0 Å². The summed E-state index contributed by atoms with van der Waals surface area (Å²) in [5.41, 5.74) is 14.8. The van der Waals surface area contributed by atoms with Gasteiger partial charge < -0.3 is 18.6 Å². The molecule has 4 nitrogen and oxygen atoms in total. The zero-order valence-electron chi connectivity index (χ0n) is 34.0. The first kappa shape index (κ1) is 34.4. The fraction of sp³-hybridized carbons (Fsp3) is 0.0169. The van der Waals surface area contributed by atoms with Crippen LogP contribution in [0.25, 0.3) is 71.3 Å². The number of benzene rings is 10. The molecule has 1 aliphatic carbocycles. The van der Waals surface area contributed by atoms with Crippen LogP contribution in [-0.2, 0) is 5.41 Å². The molecule has 2 aromatic heterocycles. The summed E-state index contributed by atoms with van der Waals surface area (Å²) in [5.74, 6) is 1.68. The minimum absolute atomic E-state index is 0.624. The molecule has 0 saturated heterocycles. The maximum Gasteiger partial charge on any atom is 0.137 e. The van der Waals surface area contributed by atoms with E-state index in [1.54, 1.807) is 0 Å². The van der Waals surface area contributed by atoms with Gasteiger partial charge in [-0.05, 0) is 93.7 Å². The summed E-state index contributed by atoms with van der Waals surface area (Å²) >= 11 is 0. The average Bonchev–Trinajstić information content (AvgIpc) is 3.88. The van der Waals surface area contributed by atoms with E-state index in [1.807, 2.05) is 12.1 Å². The SMILES string of the molecule is c1ccc(-n2c3ccccc3c3ccc(N(c4ccc5c(c4)Oc4ccccc4C54c5ccccc5-c5cccc6cccc4c56)c4ccc5c(c4)oc4ccccc45)cc32)cc1. The highest BCUT2D eigenvalue weighted by Crippen LogP contribution is 2.61. The van der Waals surface area contributed by atoms with Crippen molar-refractivity contribution >= 4 is 71.6 Å². The Morgan fingerprint density at radius 2 is 1.00 bits per heavy atom. The summed E-state index contributed by atoms with van der Waals surface area (Å²) in [5, 5.41) is 7.13. The van der Waals surface area contributed by atoms with E-state index in [1.165, 1.54) is 49.3 Å². The molecule has 14 rings (SSSR count). The largest absolute Gasteiger partial charge is 0.457 e. The molecule has 0 N–H and O–H groups in total. The van der Waals surface area contributed by atoms with Gasteiger partial charge >= 0.3 is 0 Å². The Balaban J connectivity index is 1.04. The van der Waals surface area contributed by atoms with Crippen molar-refractivity contribution in [2.75, 3.05) is 4.90 Å². The topological polar surface area (TPSA) is 30.5 Å². The molecule has 0 fully saturated rings. The first-order valence-corrected chi connectivity index (χ1v) is 21.6. The average molecular weight is 805 g/mol. The van der Waals surface area contributed by atoms with Gasteiger partial charge in [0, 0.05) is 67.6 Å². The highest BCUT2D eigenvalue weighted by molar-refractivity contribution is 6.11. The summed E-state index contributed by atoms with van der Waals surface area (Å²) < 4.78 is 16.0. The van der Waals surface area contributed by atoms with Crippen molar-refractivity contribution < 1.29 is 9.15 Å². The van der Waals surface area contributed by atoms with Crippen LogP contribution in [0.5, 0.6) is 11.5 Å². The van der Waals surface area contributed by atoms with Crippen LogP contribution in [0.1, 0.15) is 22.3 Å². The Morgan fingerprint density at radius 1 is 0.381 bits per heavy atom. The van der Waals surface area contributed by atoms with Gasteiger partial charge in [-0.1, -0.05) is 146 Å². The van der Waals surface area contributed by atoms with Crippen LogP contribution in [0.3, 0.4) is 0 Å². The summed E-state index contributed by atoms with van der Waals surface area (Å²) in [4.78, 5) is 2.35. The molecule has 3 heterocycles. The molecular formula is C59H36N2O2. The van der Waals surface area contributed by atoms with Crippen LogP contribution in [0, 0.1) is 0 Å². The van der Waals surface area contributed by atoms with Gasteiger partial charge in [0.2, 0.25) is 0 Å². The van der Waals surface area contributed by atoms with Gasteiger partial charge in [-0.3, -0.25) is 0 Å². The standard InChI is InChI=1S/C59H36N2O2/c1-2-16-38(17-3-1)61-52-25-9-5-19-43(52)44-31-28-39(34-53(44)61)60(40-29-32-46-45-20-6-10-26-54(45)62-56(46)35-40)41-30-33-50-57(36-41)63-55-27-11-8-23-49(55)59(50)48-22-7-4-18-42(48)47-21-12-14-37-15-13-24-51(59)58(37)47/h1-36H. The Bertz CT molecular complexity index is 3850. The number of fused-ring (bicyclic) bond motifs is 14. The molecule has 1 aliphatic heterocycles. The van der Waals surface area contributed by atoms with E-state index in [2.05, 4.69) is 216 Å².